The summed E-state index contributed by atoms with van der Waals surface area (Å²) in [5, 5.41) is 0. The highest BCUT2D eigenvalue weighted by molar-refractivity contribution is 5.75. The van der Waals surface area contributed by atoms with E-state index in [1.165, 1.54) is 11.1 Å². The fourth-order valence-corrected chi connectivity index (χ4v) is 2.19. The number of amides is 1. The molecule has 0 aliphatic heterocycles. The Morgan fingerprint density at radius 2 is 1.85 bits per heavy atom. The lowest BCUT2D eigenvalue weighted by molar-refractivity contribution is -0.119. The predicted molar refractivity (Wildman–Crippen MR) is 81.9 cm³/mol. The summed E-state index contributed by atoms with van der Waals surface area (Å²) < 4.78 is 5.76. The molecule has 0 heterocycles. The smallest absolute Gasteiger partial charge is 0.231 e. The van der Waals surface area contributed by atoms with Crippen LogP contribution in [0, 0.1) is 13.8 Å². The molecule has 0 bridgehead atoms. The van der Waals surface area contributed by atoms with Gasteiger partial charge in [-0.2, -0.15) is 0 Å². The second kappa shape index (κ2) is 7.90. The third-order valence-corrected chi connectivity index (χ3v) is 3.14. The molecular formula is C16H26N2O2. The lowest BCUT2D eigenvalue weighted by Gasteiger charge is -2.24. The first-order valence-electron chi connectivity index (χ1n) is 7.12. The molecule has 0 atom stereocenters. The predicted octanol–water partition coefficient (Wildman–Crippen LogP) is 2.27. The molecule has 112 valence electrons. The van der Waals surface area contributed by atoms with Gasteiger partial charge in [-0.05, 0) is 57.4 Å². The highest BCUT2D eigenvalue weighted by Crippen LogP contribution is 2.16. The van der Waals surface area contributed by atoms with E-state index in [9.17, 15) is 4.79 Å². The standard InChI is InChI=1S/C16H26N2O2/c1-12(2)18(11-16(17)19)6-5-7-20-15-9-13(3)8-14(4)10-15/h8-10,12H,5-7,11H2,1-4H3,(H2,17,19). The first kappa shape index (κ1) is 16.5. The Balaban J connectivity index is 2.38. The van der Waals surface area contributed by atoms with Crippen molar-refractivity contribution in [1.82, 2.24) is 4.90 Å². The van der Waals surface area contributed by atoms with Gasteiger partial charge in [0.05, 0.1) is 13.2 Å². The molecule has 0 saturated heterocycles. The summed E-state index contributed by atoms with van der Waals surface area (Å²) in [5.41, 5.74) is 7.66. The number of aryl methyl sites for hydroxylation is 2. The number of carbonyl (C=O) groups excluding carboxylic acids is 1. The van der Waals surface area contributed by atoms with Gasteiger partial charge >= 0.3 is 0 Å². The Bertz CT molecular complexity index is 424. The van der Waals surface area contributed by atoms with Crippen LogP contribution in [-0.4, -0.2) is 36.5 Å². The summed E-state index contributed by atoms with van der Waals surface area (Å²) in [6.07, 6.45) is 0.873. The van der Waals surface area contributed by atoms with Crippen molar-refractivity contribution in [3.05, 3.63) is 29.3 Å². The maximum absolute atomic E-state index is 11.0. The molecule has 0 aromatic heterocycles. The van der Waals surface area contributed by atoms with Crippen LogP contribution in [0.3, 0.4) is 0 Å². The van der Waals surface area contributed by atoms with E-state index in [0.717, 1.165) is 18.7 Å². The molecule has 1 amide bonds. The fourth-order valence-electron chi connectivity index (χ4n) is 2.19. The third-order valence-electron chi connectivity index (χ3n) is 3.14. The highest BCUT2D eigenvalue weighted by atomic mass is 16.5. The van der Waals surface area contributed by atoms with Crippen molar-refractivity contribution in [3.8, 4) is 5.75 Å². The maximum atomic E-state index is 11.0. The van der Waals surface area contributed by atoms with E-state index in [0.29, 0.717) is 19.2 Å². The minimum absolute atomic E-state index is 0.283. The summed E-state index contributed by atoms with van der Waals surface area (Å²) in [6.45, 7) is 10.0. The van der Waals surface area contributed by atoms with Crippen molar-refractivity contribution in [2.24, 2.45) is 5.73 Å². The summed E-state index contributed by atoms with van der Waals surface area (Å²) >= 11 is 0. The van der Waals surface area contributed by atoms with Crippen LogP contribution in [0.15, 0.2) is 18.2 Å². The van der Waals surface area contributed by atoms with Gasteiger partial charge in [0.2, 0.25) is 5.91 Å². The van der Waals surface area contributed by atoms with E-state index < -0.39 is 0 Å². The molecule has 4 nitrogen and oxygen atoms in total. The molecule has 0 aliphatic rings. The van der Waals surface area contributed by atoms with E-state index in [-0.39, 0.29) is 5.91 Å². The first-order valence-corrected chi connectivity index (χ1v) is 7.12. The number of hydrogen-bond acceptors (Lipinski definition) is 3. The number of ether oxygens (including phenoxy) is 1. The number of benzene rings is 1. The van der Waals surface area contributed by atoms with E-state index in [1.807, 2.05) is 12.1 Å². The Kier molecular flexibility index (Phi) is 6.52. The largest absolute Gasteiger partial charge is 0.494 e. The average molecular weight is 278 g/mol. The third kappa shape index (κ3) is 6.06. The number of hydrogen-bond donors (Lipinski definition) is 1. The molecule has 2 N–H and O–H groups in total. The van der Waals surface area contributed by atoms with Gasteiger partial charge in [-0.25, -0.2) is 0 Å². The van der Waals surface area contributed by atoms with E-state index in [4.69, 9.17) is 10.5 Å². The first-order chi connectivity index (χ1) is 9.38. The molecule has 1 aromatic carbocycles. The number of nitrogens with two attached hydrogens (primary N) is 1. The van der Waals surface area contributed by atoms with Crippen LogP contribution in [0.1, 0.15) is 31.4 Å². The van der Waals surface area contributed by atoms with Crippen molar-refractivity contribution in [2.45, 2.75) is 40.2 Å². The molecule has 1 aromatic rings. The molecule has 0 spiro atoms. The summed E-state index contributed by atoms with van der Waals surface area (Å²) in [6, 6.07) is 6.51. The van der Waals surface area contributed by atoms with Gasteiger partial charge in [0.1, 0.15) is 5.75 Å². The zero-order valence-electron chi connectivity index (χ0n) is 13.0. The number of carbonyl (C=O) groups is 1. The van der Waals surface area contributed by atoms with Gasteiger partial charge in [0, 0.05) is 12.6 Å². The molecule has 0 fully saturated rings. The maximum Gasteiger partial charge on any atom is 0.231 e. The highest BCUT2D eigenvalue weighted by Gasteiger charge is 2.11. The molecule has 1 rings (SSSR count). The SMILES string of the molecule is Cc1cc(C)cc(OCCCN(CC(N)=O)C(C)C)c1. The van der Waals surface area contributed by atoms with Gasteiger partial charge in [0.15, 0.2) is 0 Å². The van der Waals surface area contributed by atoms with Crippen LogP contribution in [0.25, 0.3) is 0 Å². The van der Waals surface area contributed by atoms with Gasteiger partial charge in [-0.15, -0.1) is 0 Å². The van der Waals surface area contributed by atoms with Crippen molar-refractivity contribution in [1.29, 1.82) is 0 Å². The topological polar surface area (TPSA) is 55.6 Å². The van der Waals surface area contributed by atoms with Crippen LogP contribution in [0.5, 0.6) is 5.75 Å². The molecule has 0 radical (unpaired) electrons. The van der Waals surface area contributed by atoms with Crippen LogP contribution < -0.4 is 10.5 Å². The Hall–Kier alpha value is -1.55. The van der Waals surface area contributed by atoms with E-state index >= 15 is 0 Å². The Labute approximate surface area is 121 Å². The number of nitrogens with zero attached hydrogens (tertiary/aromatic N) is 1. The number of primary amides is 1. The zero-order valence-corrected chi connectivity index (χ0v) is 13.0. The minimum atomic E-state index is -0.283. The number of rotatable bonds is 8. The van der Waals surface area contributed by atoms with Crippen LogP contribution in [0.2, 0.25) is 0 Å². The quantitative estimate of drug-likeness (QED) is 0.742. The second-order valence-electron chi connectivity index (χ2n) is 5.56. The summed E-state index contributed by atoms with van der Waals surface area (Å²) in [4.78, 5) is 13.1. The Morgan fingerprint density at radius 3 is 2.35 bits per heavy atom. The Morgan fingerprint density at radius 1 is 1.25 bits per heavy atom. The van der Waals surface area contributed by atoms with Crippen LogP contribution in [0.4, 0.5) is 0 Å². The van der Waals surface area contributed by atoms with Gasteiger partial charge in [0.25, 0.3) is 0 Å². The monoisotopic (exact) mass is 278 g/mol. The zero-order chi connectivity index (χ0) is 15.1. The average Bonchev–Trinajstić information content (AvgIpc) is 2.31. The van der Waals surface area contributed by atoms with Crippen LogP contribution in [-0.2, 0) is 4.79 Å². The molecule has 0 aliphatic carbocycles. The normalized spacial score (nSPS) is 11.1. The van der Waals surface area contributed by atoms with Crippen molar-refractivity contribution in [2.75, 3.05) is 19.7 Å². The van der Waals surface area contributed by atoms with Crippen molar-refractivity contribution < 1.29 is 9.53 Å². The van der Waals surface area contributed by atoms with Crippen molar-refractivity contribution in [3.63, 3.8) is 0 Å². The van der Waals surface area contributed by atoms with E-state index in [2.05, 4.69) is 38.7 Å². The summed E-state index contributed by atoms with van der Waals surface area (Å²) in [5.74, 6) is 0.627. The minimum Gasteiger partial charge on any atom is -0.494 e. The van der Waals surface area contributed by atoms with E-state index in [1.54, 1.807) is 0 Å². The fraction of sp³-hybridized carbons (Fsp3) is 0.562. The van der Waals surface area contributed by atoms with Crippen molar-refractivity contribution >= 4 is 5.91 Å². The molecule has 0 saturated carbocycles. The van der Waals surface area contributed by atoms with Gasteiger partial charge in [-0.3, -0.25) is 9.69 Å². The molecule has 0 unspecified atom stereocenters. The molecule has 4 heteroatoms. The van der Waals surface area contributed by atoms with Gasteiger partial charge < -0.3 is 10.5 Å². The van der Waals surface area contributed by atoms with Gasteiger partial charge in [-0.1, -0.05) is 6.07 Å². The molecule has 20 heavy (non-hydrogen) atoms. The summed E-state index contributed by atoms with van der Waals surface area (Å²) in [7, 11) is 0. The second-order valence-corrected chi connectivity index (χ2v) is 5.56. The molecular weight excluding hydrogens is 252 g/mol. The lowest BCUT2D eigenvalue weighted by Crippen LogP contribution is -2.39. The lowest BCUT2D eigenvalue weighted by atomic mass is 10.1. The van der Waals surface area contributed by atoms with Crippen LogP contribution >= 0.6 is 0 Å².